The second-order valence-corrected chi connectivity index (χ2v) is 7.06. The minimum absolute atomic E-state index is 0.0187. The molecular formula is C18H27FO. The number of rotatable bonds is 0. The predicted molar refractivity (Wildman–Crippen MR) is 81.4 cm³/mol. The Kier molecular flexibility index (Phi) is 4.53. The average molecular weight is 278 g/mol. The molecule has 0 bridgehead atoms. The van der Waals surface area contributed by atoms with E-state index in [0.29, 0.717) is 5.41 Å². The third kappa shape index (κ3) is 2.76. The van der Waals surface area contributed by atoms with E-state index >= 15 is 0 Å². The van der Waals surface area contributed by atoms with Crippen LogP contribution >= 0.6 is 0 Å². The molecule has 0 unspecified atom stereocenters. The van der Waals surface area contributed by atoms with Crippen molar-refractivity contribution in [2.45, 2.75) is 64.2 Å². The number of aliphatic hydroxyl groups is 1. The van der Waals surface area contributed by atoms with Crippen LogP contribution in [0.15, 0.2) is 18.2 Å². The summed E-state index contributed by atoms with van der Waals surface area (Å²) < 4.78 is 14.2. The zero-order valence-electron chi connectivity index (χ0n) is 13.0. The normalized spacial score (nSPS) is 22.6. The Morgan fingerprint density at radius 3 is 2.35 bits per heavy atom. The van der Waals surface area contributed by atoms with Crippen molar-refractivity contribution in [2.75, 3.05) is 7.11 Å². The van der Waals surface area contributed by atoms with E-state index in [1.165, 1.54) is 44.1 Å². The van der Waals surface area contributed by atoms with Crippen molar-refractivity contribution in [3.8, 4) is 0 Å². The highest BCUT2D eigenvalue weighted by Gasteiger charge is 2.44. The topological polar surface area (TPSA) is 20.2 Å². The first-order valence-corrected chi connectivity index (χ1v) is 7.75. The molecule has 0 aromatic heterocycles. The minimum Gasteiger partial charge on any atom is -0.400 e. The maximum Gasteiger partial charge on any atom is 0.126 e. The molecule has 1 spiro atoms. The van der Waals surface area contributed by atoms with Gasteiger partial charge in [0.2, 0.25) is 0 Å². The van der Waals surface area contributed by atoms with Gasteiger partial charge in [-0.3, -0.25) is 0 Å². The van der Waals surface area contributed by atoms with Gasteiger partial charge in [-0.1, -0.05) is 45.2 Å². The van der Waals surface area contributed by atoms with Gasteiger partial charge in [0.05, 0.1) is 0 Å². The van der Waals surface area contributed by atoms with Crippen LogP contribution in [-0.4, -0.2) is 12.2 Å². The molecular weight excluding hydrogens is 251 g/mol. The molecule has 0 radical (unpaired) electrons. The molecule has 2 heteroatoms. The van der Waals surface area contributed by atoms with Gasteiger partial charge >= 0.3 is 0 Å². The average Bonchev–Trinajstić information content (AvgIpc) is 2.43. The Balaban J connectivity index is 0.000000704. The van der Waals surface area contributed by atoms with Crippen LogP contribution in [-0.2, 0) is 11.8 Å². The van der Waals surface area contributed by atoms with Crippen molar-refractivity contribution in [3.05, 3.63) is 35.1 Å². The van der Waals surface area contributed by atoms with Crippen LogP contribution in [0.1, 0.15) is 63.5 Å². The van der Waals surface area contributed by atoms with Gasteiger partial charge in [0, 0.05) is 7.11 Å². The summed E-state index contributed by atoms with van der Waals surface area (Å²) in [6.45, 7) is 4.58. The van der Waals surface area contributed by atoms with Gasteiger partial charge in [-0.2, -0.15) is 0 Å². The molecule has 1 nitrogen and oxygen atoms in total. The molecule has 2 aliphatic carbocycles. The Labute approximate surface area is 122 Å². The lowest BCUT2D eigenvalue weighted by Gasteiger charge is -2.48. The molecule has 20 heavy (non-hydrogen) atoms. The lowest BCUT2D eigenvalue weighted by atomic mass is 9.56. The highest BCUT2D eigenvalue weighted by atomic mass is 19.1. The molecule has 3 rings (SSSR count). The van der Waals surface area contributed by atoms with E-state index in [1.807, 2.05) is 6.07 Å². The van der Waals surface area contributed by atoms with E-state index in [0.717, 1.165) is 19.1 Å². The zero-order chi connectivity index (χ0) is 14.8. The number of hydrogen-bond acceptors (Lipinski definition) is 1. The first kappa shape index (κ1) is 15.5. The number of halogens is 1. The lowest BCUT2D eigenvalue weighted by molar-refractivity contribution is 0.119. The van der Waals surface area contributed by atoms with Crippen molar-refractivity contribution < 1.29 is 9.50 Å². The first-order valence-electron chi connectivity index (χ1n) is 7.75. The van der Waals surface area contributed by atoms with Gasteiger partial charge in [0.15, 0.2) is 0 Å². The predicted octanol–water partition coefficient (Wildman–Crippen LogP) is 4.61. The van der Waals surface area contributed by atoms with E-state index in [-0.39, 0.29) is 11.2 Å². The SMILES string of the molecule is CC1(C)CC2(CCCCC2)Cc2c(F)cccc21.CO. The van der Waals surface area contributed by atoms with Gasteiger partial charge in [-0.25, -0.2) is 4.39 Å². The molecule has 1 aromatic rings. The van der Waals surface area contributed by atoms with Crippen molar-refractivity contribution >= 4 is 0 Å². The highest BCUT2D eigenvalue weighted by molar-refractivity contribution is 5.38. The van der Waals surface area contributed by atoms with E-state index < -0.39 is 0 Å². The van der Waals surface area contributed by atoms with Gasteiger partial charge < -0.3 is 5.11 Å². The molecule has 0 atom stereocenters. The summed E-state index contributed by atoms with van der Waals surface area (Å²) in [6, 6.07) is 5.64. The summed E-state index contributed by atoms with van der Waals surface area (Å²) in [5.41, 5.74) is 2.78. The summed E-state index contributed by atoms with van der Waals surface area (Å²) in [5.74, 6) is 0.0187. The Morgan fingerprint density at radius 2 is 1.70 bits per heavy atom. The Morgan fingerprint density at radius 1 is 1.05 bits per heavy atom. The number of fused-ring (bicyclic) bond motifs is 1. The lowest BCUT2D eigenvalue weighted by Crippen LogP contribution is -2.40. The third-order valence-corrected chi connectivity index (χ3v) is 5.13. The second kappa shape index (κ2) is 5.85. The standard InChI is InChI=1S/C17H23F.CH4O/c1-16(2)12-17(9-4-3-5-10-17)11-13-14(16)7-6-8-15(13)18;1-2/h6-8H,3-5,9-12H2,1-2H3;2H,1H3. The molecule has 0 aliphatic heterocycles. The summed E-state index contributed by atoms with van der Waals surface area (Å²) in [4.78, 5) is 0. The molecule has 1 saturated carbocycles. The fourth-order valence-corrected chi connectivity index (χ4v) is 4.50. The van der Waals surface area contributed by atoms with Crippen molar-refractivity contribution in [1.29, 1.82) is 0 Å². The molecule has 2 aliphatic rings. The molecule has 1 aromatic carbocycles. The fourth-order valence-electron chi connectivity index (χ4n) is 4.50. The molecule has 0 amide bonds. The van der Waals surface area contributed by atoms with Gasteiger partial charge in [0.1, 0.15) is 5.82 Å². The molecule has 1 fully saturated rings. The third-order valence-electron chi connectivity index (χ3n) is 5.13. The maximum absolute atomic E-state index is 14.2. The largest absolute Gasteiger partial charge is 0.400 e. The van der Waals surface area contributed by atoms with Crippen LogP contribution in [0.25, 0.3) is 0 Å². The Hall–Kier alpha value is -0.890. The van der Waals surface area contributed by atoms with Crippen LogP contribution in [0, 0.1) is 11.2 Å². The maximum atomic E-state index is 14.2. The fraction of sp³-hybridized carbons (Fsp3) is 0.667. The van der Waals surface area contributed by atoms with Gasteiger partial charge in [-0.05, 0) is 53.7 Å². The first-order chi connectivity index (χ1) is 9.53. The highest BCUT2D eigenvalue weighted by Crippen LogP contribution is 2.53. The molecule has 1 N–H and O–H groups in total. The van der Waals surface area contributed by atoms with Gasteiger partial charge in [0.25, 0.3) is 0 Å². The summed E-state index contributed by atoms with van der Waals surface area (Å²) >= 11 is 0. The number of benzene rings is 1. The van der Waals surface area contributed by atoms with Crippen LogP contribution < -0.4 is 0 Å². The number of aliphatic hydroxyl groups excluding tert-OH is 1. The van der Waals surface area contributed by atoms with E-state index in [9.17, 15) is 4.39 Å². The zero-order valence-corrected chi connectivity index (χ0v) is 13.0. The van der Waals surface area contributed by atoms with Crippen LogP contribution in [0.2, 0.25) is 0 Å². The van der Waals surface area contributed by atoms with Crippen LogP contribution in [0.5, 0.6) is 0 Å². The molecule has 0 saturated heterocycles. The van der Waals surface area contributed by atoms with Crippen molar-refractivity contribution in [2.24, 2.45) is 5.41 Å². The van der Waals surface area contributed by atoms with Gasteiger partial charge in [-0.15, -0.1) is 0 Å². The van der Waals surface area contributed by atoms with Crippen LogP contribution in [0.4, 0.5) is 4.39 Å². The summed E-state index contributed by atoms with van der Waals surface area (Å²) in [6.07, 6.45) is 8.83. The minimum atomic E-state index is 0.0187. The van der Waals surface area contributed by atoms with E-state index in [2.05, 4.69) is 19.9 Å². The number of hydrogen-bond donors (Lipinski definition) is 1. The van der Waals surface area contributed by atoms with Crippen molar-refractivity contribution in [3.63, 3.8) is 0 Å². The Bertz CT molecular complexity index is 458. The van der Waals surface area contributed by atoms with E-state index in [1.54, 1.807) is 6.07 Å². The molecule has 112 valence electrons. The second-order valence-electron chi connectivity index (χ2n) is 7.06. The summed E-state index contributed by atoms with van der Waals surface area (Å²) in [7, 11) is 1.00. The van der Waals surface area contributed by atoms with Crippen molar-refractivity contribution in [1.82, 2.24) is 0 Å². The molecule has 0 heterocycles. The van der Waals surface area contributed by atoms with E-state index in [4.69, 9.17) is 5.11 Å². The monoisotopic (exact) mass is 278 g/mol. The quantitative estimate of drug-likeness (QED) is 0.735. The smallest absolute Gasteiger partial charge is 0.126 e. The summed E-state index contributed by atoms with van der Waals surface area (Å²) in [5, 5.41) is 7.00. The van der Waals surface area contributed by atoms with Crippen LogP contribution in [0.3, 0.4) is 0 Å².